The summed E-state index contributed by atoms with van der Waals surface area (Å²) in [5.41, 5.74) is 10.4. The van der Waals surface area contributed by atoms with Gasteiger partial charge in [0.2, 0.25) is 5.69 Å². The SMILES string of the molecule is [C-]#[N+]c1c(N)nc(N2CCCCC2)c(C#N)c1-c1cccc(-c2ccsc2)c1. The van der Waals surface area contributed by atoms with Crippen molar-refractivity contribution in [3.8, 4) is 28.3 Å². The van der Waals surface area contributed by atoms with Crippen molar-refractivity contribution < 1.29 is 0 Å². The van der Waals surface area contributed by atoms with Crippen LogP contribution in [0.25, 0.3) is 27.1 Å². The van der Waals surface area contributed by atoms with E-state index in [1.165, 1.54) is 6.42 Å². The van der Waals surface area contributed by atoms with Crippen LogP contribution < -0.4 is 10.6 Å². The minimum Gasteiger partial charge on any atom is -0.392 e. The highest BCUT2D eigenvalue weighted by atomic mass is 32.1. The number of aromatic nitrogens is 1. The van der Waals surface area contributed by atoms with Gasteiger partial charge >= 0.3 is 0 Å². The van der Waals surface area contributed by atoms with Crippen LogP contribution >= 0.6 is 11.3 Å². The van der Waals surface area contributed by atoms with E-state index < -0.39 is 0 Å². The smallest absolute Gasteiger partial charge is 0.237 e. The molecule has 28 heavy (non-hydrogen) atoms. The molecule has 3 heterocycles. The summed E-state index contributed by atoms with van der Waals surface area (Å²) in [7, 11) is 0. The molecule has 0 unspecified atom stereocenters. The fourth-order valence-electron chi connectivity index (χ4n) is 3.70. The number of piperidine rings is 1. The van der Waals surface area contributed by atoms with E-state index in [1.807, 2.05) is 29.6 Å². The lowest BCUT2D eigenvalue weighted by molar-refractivity contribution is 0.573. The van der Waals surface area contributed by atoms with Crippen molar-refractivity contribution in [3.63, 3.8) is 0 Å². The second-order valence-corrected chi connectivity index (χ2v) is 7.56. The molecule has 1 aliphatic rings. The van der Waals surface area contributed by atoms with E-state index in [4.69, 9.17) is 12.3 Å². The average molecular weight is 385 g/mol. The molecule has 1 aromatic carbocycles. The summed E-state index contributed by atoms with van der Waals surface area (Å²) in [6.45, 7) is 9.35. The van der Waals surface area contributed by atoms with Crippen molar-refractivity contribution >= 4 is 28.7 Å². The molecule has 1 fully saturated rings. The molecule has 2 N–H and O–H groups in total. The molecule has 138 valence electrons. The molecular weight excluding hydrogens is 366 g/mol. The number of anilines is 2. The molecule has 4 rings (SSSR count). The van der Waals surface area contributed by atoms with Crippen LogP contribution in [-0.4, -0.2) is 18.1 Å². The summed E-state index contributed by atoms with van der Waals surface area (Å²) >= 11 is 1.64. The van der Waals surface area contributed by atoms with Crippen LogP contribution in [0.15, 0.2) is 41.1 Å². The second kappa shape index (κ2) is 7.72. The fourth-order valence-corrected chi connectivity index (χ4v) is 4.36. The van der Waals surface area contributed by atoms with Crippen molar-refractivity contribution in [1.29, 1.82) is 5.26 Å². The van der Waals surface area contributed by atoms with Crippen molar-refractivity contribution in [1.82, 2.24) is 4.98 Å². The number of hydrogen-bond acceptors (Lipinski definition) is 5. The van der Waals surface area contributed by atoms with E-state index in [-0.39, 0.29) is 11.5 Å². The van der Waals surface area contributed by atoms with Crippen LogP contribution in [0, 0.1) is 17.9 Å². The molecule has 1 saturated heterocycles. The molecule has 5 nitrogen and oxygen atoms in total. The highest BCUT2D eigenvalue weighted by Crippen LogP contribution is 2.42. The maximum atomic E-state index is 10.00. The van der Waals surface area contributed by atoms with Gasteiger partial charge in [-0.15, -0.1) is 0 Å². The standard InChI is InChI=1S/C22H19N5S/c1-25-20-19(16-7-5-6-15(12-16)17-8-11-28-14-17)18(13-23)22(26-21(20)24)27-9-3-2-4-10-27/h5-8,11-12,14H,2-4,9-10H2,(H2,24,26). The Bertz CT molecular complexity index is 1080. The molecule has 6 heteroatoms. The van der Waals surface area contributed by atoms with Gasteiger partial charge in [0.1, 0.15) is 17.7 Å². The lowest BCUT2D eigenvalue weighted by atomic mass is 9.95. The quantitative estimate of drug-likeness (QED) is 0.607. The number of nitriles is 1. The number of benzene rings is 1. The van der Waals surface area contributed by atoms with Crippen molar-refractivity contribution in [3.05, 3.63) is 58.1 Å². The molecule has 0 radical (unpaired) electrons. The Hall–Kier alpha value is -3.35. The first kappa shape index (κ1) is 18.0. The summed E-state index contributed by atoms with van der Waals surface area (Å²) in [4.78, 5) is 10.2. The maximum Gasteiger partial charge on any atom is 0.237 e. The summed E-state index contributed by atoms with van der Waals surface area (Å²) in [5.74, 6) is 0.786. The number of hydrogen-bond donors (Lipinski definition) is 1. The summed E-state index contributed by atoms with van der Waals surface area (Å²) in [5, 5.41) is 14.1. The van der Waals surface area contributed by atoms with E-state index in [0.717, 1.165) is 42.6 Å². The first-order valence-electron chi connectivity index (χ1n) is 9.22. The average Bonchev–Trinajstić information content (AvgIpc) is 3.28. The zero-order valence-corrected chi connectivity index (χ0v) is 16.2. The van der Waals surface area contributed by atoms with Gasteiger partial charge in [-0.2, -0.15) is 16.6 Å². The first-order valence-corrected chi connectivity index (χ1v) is 10.2. The van der Waals surface area contributed by atoms with Crippen molar-refractivity contribution in [2.24, 2.45) is 0 Å². The Morgan fingerprint density at radius 2 is 1.93 bits per heavy atom. The third-order valence-electron chi connectivity index (χ3n) is 5.06. The Kier molecular flexibility index (Phi) is 4.97. The van der Waals surface area contributed by atoms with E-state index in [1.54, 1.807) is 11.3 Å². The molecule has 3 aromatic rings. The van der Waals surface area contributed by atoms with Gasteiger partial charge in [0.25, 0.3) is 0 Å². The van der Waals surface area contributed by atoms with Crippen LogP contribution in [0.3, 0.4) is 0 Å². The summed E-state index contributed by atoms with van der Waals surface area (Å²) in [6.07, 6.45) is 3.32. The normalized spacial score (nSPS) is 13.7. The Morgan fingerprint density at radius 3 is 2.61 bits per heavy atom. The molecule has 2 aromatic heterocycles. The topological polar surface area (TPSA) is 70.3 Å². The number of nitrogens with zero attached hydrogens (tertiary/aromatic N) is 4. The van der Waals surface area contributed by atoms with Gasteiger partial charge in [0.15, 0.2) is 0 Å². The minimum absolute atomic E-state index is 0.186. The van der Waals surface area contributed by atoms with Gasteiger partial charge < -0.3 is 10.6 Å². The number of rotatable bonds is 3. The number of nitrogens with two attached hydrogens (primary N) is 1. The van der Waals surface area contributed by atoms with Gasteiger partial charge in [-0.1, -0.05) is 18.2 Å². The van der Waals surface area contributed by atoms with Gasteiger partial charge in [-0.3, -0.25) is 0 Å². The van der Waals surface area contributed by atoms with Gasteiger partial charge in [-0.25, -0.2) is 9.83 Å². The number of pyridine rings is 1. The number of thiophene rings is 1. The first-order chi connectivity index (χ1) is 13.7. The van der Waals surface area contributed by atoms with Gasteiger partial charge in [0.05, 0.1) is 12.1 Å². The highest BCUT2D eigenvalue weighted by Gasteiger charge is 2.24. The molecule has 0 atom stereocenters. The van der Waals surface area contributed by atoms with Crippen LogP contribution in [-0.2, 0) is 0 Å². The molecule has 0 bridgehead atoms. The molecular formula is C22H19N5S. The molecule has 0 saturated carbocycles. The Labute approximate surface area is 168 Å². The Balaban J connectivity index is 1.93. The van der Waals surface area contributed by atoms with Crippen LogP contribution in [0.5, 0.6) is 0 Å². The third kappa shape index (κ3) is 3.19. The second-order valence-electron chi connectivity index (χ2n) is 6.78. The predicted octanol–water partition coefficient (Wildman–Crippen LogP) is 5.47. The maximum absolute atomic E-state index is 10.00. The van der Waals surface area contributed by atoms with Gasteiger partial charge in [-0.05, 0) is 58.8 Å². The lowest BCUT2D eigenvalue weighted by Gasteiger charge is -2.29. The predicted molar refractivity (Wildman–Crippen MR) is 114 cm³/mol. The third-order valence-corrected chi connectivity index (χ3v) is 5.75. The number of nitrogen functional groups attached to an aromatic ring is 1. The van der Waals surface area contributed by atoms with E-state index in [0.29, 0.717) is 16.9 Å². The highest BCUT2D eigenvalue weighted by molar-refractivity contribution is 7.08. The van der Waals surface area contributed by atoms with E-state index >= 15 is 0 Å². The Morgan fingerprint density at radius 1 is 1.14 bits per heavy atom. The summed E-state index contributed by atoms with van der Waals surface area (Å²) < 4.78 is 0. The monoisotopic (exact) mass is 385 g/mol. The van der Waals surface area contributed by atoms with E-state index in [9.17, 15) is 5.26 Å². The van der Waals surface area contributed by atoms with Gasteiger partial charge in [0, 0.05) is 18.7 Å². The molecule has 0 amide bonds. The molecule has 0 aliphatic carbocycles. The lowest BCUT2D eigenvalue weighted by Crippen LogP contribution is -2.31. The van der Waals surface area contributed by atoms with Crippen molar-refractivity contribution in [2.45, 2.75) is 19.3 Å². The molecule has 1 aliphatic heterocycles. The largest absolute Gasteiger partial charge is 0.392 e. The molecule has 0 spiro atoms. The van der Waals surface area contributed by atoms with Crippen LogP contribution in [0.4, 0.5) is 17.3 Å². The summed E-state index contributed by atoms with van der Waals surface area (Å²) in [6, 6.07) is 12.3. The van der Waals surface area contributed by atoms with Crippen molar-refractivity contribution in [2.75, 3.05) is 23.7 Å². The zero-order valence-electron chi connectivity index (χ0n) is 15.4. The van der Waals surface area contributed by atoms with Crippen LogP contribution in [0.2, 0.25) is 0 Å². The zero-order chi connectivity index (χ0) is 19.5. The minimum atomic E-state index is 0.186. The fraction of sp³-hybridized carbons (Fsp3) is 0.227. The van der Waals surface area contributed by atoms with Crippen LogP contribution in [0.1, 0.15) is 24.8 Å². The van der Waals surface area contributed by atoms with E-state index in [2.05, 4.69) is 32.2 Å².